The van der Waals surface area contributed by atoms with Gasteiger partial charge in [-0.25, -0.2) is 0 Å². The molecule has 1 saturated carbocycles. The topological polar surface area (TPSA) is 66.4 Å². The molecule has 1 spiro atoms. The van der Waals surface area contributed by atoms with Gasteiger partial charge in [-0.2, -0.15) is 0 Å². The Morgan fingerprint density at radius 3 is 2.64 bits per heavy atom. The molecule has 6 heteroatoms. The first-order valence-corrected chi connectivity index (χ1v) is 13.8. The maximum absolute atomic E-state index is 14.5. The third-order valence-electron chi connectivity index (χ3n) is 9.59. The van der Waals surface area contributed by atoms with Crippen molar-refractivity contribution in [3.05, 3.63) is 59.7 Å². The first-order chi connectivity index (χ1) is 17.2. The monoisotopic (exact) mass is 510 g/mol. The lowest BCUT2D eigenvalue weighted by atomic mass is 9.67. The maximum atomic E-state index is 14.5. The molecule has 0 radical (unpaired) electrons. The average Bonchev–Trinajstić information content (AvgIpc) is 3.33. The number of rotatable bonds is 3. The van der Waals surface area contributed by atoms with Crippen molar-refractivity contribution >= 4 is 5.91 Å². The normalized spacial score (nSPS) is 30.3. The van der Waals surface area contributed by atoms with Crippen LogP contribution in [0.25, 0.3) is 0 Å². The van der Waals surface area contributed by atoms with Crippen LogP contribution >= 0.6 is 0 Å². The molecule has 3 N–H and O–H groups in total. The van der Waals surface area contributed by atoms with E-state index < -0.39 is 0 Å². The number of nitrogens with zero attached hydrogens (tertiary/aromatic N) is 1. The second kappa shape index (κ2) is 10.6. The molecule has 2 aromatic carbocycles. The summed E-state index contributed by atoms with van der Waals surface area (Å²) in [7, 11) is 0. The number of phenolic OH excluding ortho intramolecular Hbond substituents is 1. The number of para-hydroxylation sites is 1. The molecule has 3 heterocycles. The molecule has 36 heavy (non-hydrogen) atoms. The minimum Gasteiger partial charge on any atom is -1.00 e. The number of fused-ring (bicyclic) bond motifs is 2. The number of hydrogen-bond acceptors (Lipinski definition) is 3. The fourth-order valence-electron chi connectivity index (χ4n) is 7.79. The van der Waals surface area contributed by atoms with Crippen LogP contribution in [0.15, 0.2) is 48.5 Å². The van der Waals surface area contributed by atoms with Gasteiger partial charge in [0.2, 0.25) is 5.91 Å². The van der Waals surface area contributed by atoms with E-state index in [9.17, 15) is 9.90 Å². The lowest BCUT2D eigenvalue weighted by Gasteiger charge is -2.47. The third-order valence-corrected chi connectivity index (χ3v) is 9.59. The van der Waals surface area contributed by atoms with Crippen LogP contribution in [-0.4, -0.2) is 48.2 Å². The minimum absolute atomic E-state index is 0. The molecule has 3 fully saturated rings. The number of halogens is 1. The summed E-state index contributed by atoms with van der Waals surface area (Å²) in [6.45, 7) is 3.13. The first kappa shape index (κ1) is 25.4. The minimum atomic E-state index is -0.253. The van der Waals surface area contributed by atoms with Crippen molar-refractivity contribution in [2.45, 2.75) is 68.7 Å². The van der Waals surface area contributed by atoms with Crippen LogP contribution in [0.1, 0.15) is 68.4 Å². The lowest BCUT2D eigenvalue weighted by Crippen LogP contribution is -3.00. The number of amides is 1. The van der Waals surface area contributed by atoms with Gasteiger partial charge in [-0.3, -0.25) is 4.79 Å². The highest BCUT2D eigenvalue weighted by Gasteiger charge is 2.56. The molecule has 2 aromatic rings. The van der Waals surface area contributed by atoms with E-state index >= 15 is 0 Å². The summed E-state index contributed by atoms with van der Waals surface area (Å²) in [5.41, 5.74) is 2.21. The van der Waals surface area contributed by atoms with Crippen LogP contribution in [0.2, 0.25) is 0 Å². The van der Waals surface area contributed by atoms with Crippen molar-refractivity contribution in [2.24, 2.45) is 11.8 Å². The summed E-state index contributed by atoms with van der Waals surface area (Å²) in [5.74, 6) is 2.23. The number of piperidine rings is 1. The number of nitrogens with two attached hydrogens (primary N) is 1. The number of carbonyl (C=O) groups is 1. The molecule has 1 amide bonds. The summed E-state index contributed by atoms with van der Waals surface area (Å²) in [5, 5.41) is 12.8. The van der Waals surface area contributed by atoms with Gasteiger partial charge in [-0.05, 0) is 55.6 Å². The Kier molecular flexibility index (Phi) is 7.50. The molecular weight excluding hydrogens is 472 g/mol. The van der Waals surface area contributed by atoms with E-state index in [4.69, 9.17) is 4.74 Å². The van der Waals surface area contributed by atoms with E-state index in [0.29, 0.717) is 36.1 Å². The molecule has 0 bridgehead atoms. The van der Waals surface area contributed by atoms with Gasteiger partial charge in [-0.1, -0.05) is 61.7 Å². The zero-order chi connectivity index (χ0) is 23.8. The summed E-state index contributed by atoms with van der Waals surface area (Å²) >= 11 is 0. The van der Waals surface area contributed by atoms with Crippen LogP contribution < -0.4 is 22.5 Å². The standard InChI is InChI=1S/C30H38N2O3.ClH/c33-27-13-7-12-24-28(27)35-17-15-30(24)20-31-19-25(30)29(34)32-16-14-23(21-8-3-1-4-9-21)18-26(32)22-10-5-2-6-11-22;/h1,3-4,7-9,12-13,22-23,25-26,31,33H,2,5-6,10-11,14-20H2;1H/t23-,25+,26+,30+;/m1./s1. The van der Waals surface area contributed by atoms with Crippen molar-refractivity contribution < 1.29 is 32.4 Å². The van der Waals surface area contributed by atoms with Crippen LogP contribution in [0.5, 0.6) is 11.5 Å². The molecule has 6 rings (SSSR count). The van der Waals surface area contributed by atoms with E-state index in [0.717, 1.165) is 44.5 Å². The van der Waals surface area contributed by atoms with Crippen LogP contribution in [0.3, 0.4) is 0 Å². The second-order valence-electron chi connectivity index (χ2n) is 11.3. The summed E-state index contributed by atoms with van der Waals surface area (Å²) in [6, 6.07) is 17.0. The van der Waals surface area contributed by atoms with Crippen molar-refractivity contribution in [2.75, 3.05) is 26.2 Å². The highest BCUT2D eigenvalue weighted by molar-refractivity contribution is 5.82. The number of benzene rings is 2. The smallest absolute Gasteiger partial charge is 0.232 e. The number of phenols is 1. The van der Waals surface area contributed by atoms with Crippen molar-refractivity contribution in [3.8, 4) is 11.5 Å². The zero-order valence-electron chi connectivity index (χ0n) is 21.1. The highest BCUT2D eigenvalue weighted by Crippen LogP contribution is 2.49. The SMILES string of the molecule is O=C([C@@H]1C[NH2+]C[C@]12CCOc1c(O)cccc12)N1CC[C@@H](c2ccccc2)C[C@H]1C1CCCCC1.[Cl-]. The predicted molar refractivity (Wildman–Crippen MR) is 136 cm³/mol. The number of quaternary nitrogens is 1. The molecule has 194 valence electrons. The number of aromatic hydroxyl groups is 1. The molecule has 3 aliphatic heterocycles. The number of carbonyl (C=O) groups excluding carboxylic acids is 1. The first-order valence-electron chi connectivity index (χ1n) is 13.8. The van der Waals surface area contributed by atoms with Gasteiger partial charge in [0, 0.05) is 18.2 Å². The Bertz CT molecular complexity index is 1060. The number of likely N-dealkylation sites (tertiary alicyclic amines) is 1. The molecule has 2 saturated heterocycles. The molecule has 1 aliphatic carbocycles. The molecule has 0 aromatic heterocycles. The molecule has 4 atom stereocenters. The largest absolute Gasteiger partial charge is 1.00 e. The molecule has 0 unspecified atom stereocenters. The quantitative estimate of drug-likeness (QED) is 0.646. The van der Waals surface area contributed by atoms with Crippen molar-refractivity contribution in [3.63, 3.8) is 0 Å². The predicted octanol–water partition coefficient (Wildman–Crippen LogP) is 0.965. The molecular formula is C30H39ClN2O3. The number of hydrogen-bond donors (Lipinski definition) is 2. The van der Waals surface area contributed by atoms with E-state index in [1.54, 1.807) is 6.07 Å². The summed E-state index contributed by atoms with van der Waals surface area (Å²) in [6.07, 6.45) is 9.40. The lowest BCUT2D eigenvalue weighted by molar-refractivity contribution is -0.640. The van der Waals surface area contributed by atoms with Crippen LogP contribution in [0.4, 0.5) is 0 Å². The van der Waals surface area contributed by atoms with Gasteiger partial charge in [-0.15, -0.1) is 0 Å². The Balaban J connectivity index is 0.00000267. The van der Waals surface area contributed by atoms with E-state index in [1.807, 2.05) is 6.07 Å². The van der Waals surface area contributed by atoms with Crippen LogP contribution in [0, 0.1) is 11.8 Å². The Hall–Kier alpha value is -2.24. The average molecular weight is 511 g/mol. The number of ether oxygens (including phenoxy) is 1. The Labute approximate surface area is 221 Å². The van der Waals surface area contributed by atoms with Gasteiger partial charge in [0.15, 0.2) is 11.5 Å². The van der Waals surface area contributed by atoms with Gasteiger partial charge in [0.1, 0.15) is 5.92 Å². The molecule has 5 nitrogen and oxygen atoms in total. The highest BCUT2D eigenvalue weighted by atomic mass is 35.5. The van der Waals surface area contributed by atoms with Gasteiger partial charge < -0.3 is 32.5 Å². The van der Waals surface area contributed by atoms with Gasteiger partial charge >= 0.3 is 0 Å². The van der Waals surface area contributed by atoms with E-state index in [-0.39, 0.29) is 29.5 Å². The third kappa shape index (κ3) is 4.39. The van der Waals surface area contributed by atoms with E-state index in [2.05, 4.69) is 46.6 Å². The Morgan fingerprint density at radius 1 is 1.03 bits per heavy atom. The van der Waals surface area contributed by atoms with E-state index in [1.165, 1.54) is 37.7 Å². The van der Waals surface area contributed by atoms with Crippen molar-refractivity contribution in [1.29, 1.82) is 0 Å². The summed E-state index contributed by atoms with van der Waals surface area (Å²) in [4.78, 5) is 16.8. The molecule has 4 aliphatic rings. The van der Waals surface area contributed by atoms with Gasteiger partial charge in [0.05, 0.1) is 25.1 Å². The summed E-state index contributed by atoms with van der Waals surface area (Å²) < 4.78 is 5.91. The van der Waals surface area contributed by atoms with Crippen LogP contribution in [-0.2, 0) is 10.2 Å². The van der Waals surface area contributed by atoms with Gasteiger partial charge in [0.25, 0.3) is 0 Å². The fraction of sp³-hybridized carbons (Fsp3) is 0.567. The Morgan fingerprint density at radius 2 is 1.83 bits per heavy atom. The fourth-order valence-corrected chi connectivity index (χ4v) is 7.79. The zero-order valence-corrected chi connectivity index (χ0v) is 21.8. The van der Waals surface area contributed by atoms with Crippen molar-refractivity contribution in [1.82, 2.24) is 4.90 Å². The maximum Gasteiger partial charge on any atom is 0.232 e. The second-order valence-corrected chi connectivity index (χ2v) is 11.3.